The number of hydrogen-bond acceptors (Lipinski definition) is 4. The maximum absolute atomic E-state index is 9.38. The standard InChI is InChI=1S/C19H15N3O/c20-13-17-18(11-12-21-14-15-7-3-1-4-8-15)23-22-19(17)16-9-5-2-6-10-16/h1-12,21H,14H2. The van der Waals surface area contributed by atoms with Crippen molar-refractivity contribution in [1.82, 2.24) is 10.5 Å². The van der Waals surface area contributed by atoms with Gasteiger partial charge in [-0.3, -0.25) is 0 Å². The van der Waals surface area contributed by atoms with Gasteiger partial charge >= 0.3 is 0 Å². The van der Waals surface area contributed by atoms with Crippen LogP contribution in [0, 0.1) is 11.3 Å². The molecule has 1 aromatic heterocycles. The molecule has 0 aliphatic heterocycles. The first kappa shape index (κ1) is 14.6. The van der Waals surface area contributed by atoms with Crippen molar-refractivity contribution in [2.75, 3.05) is 0 Å². The number of benzene rings is 2. The monoisotopic (exact) mass is 301 g/mol. The Morgan fingerprint density at radius 1 is 1.04 bits per heavy atom. The second-order valence-electron chi connectivity index (χ2n) is 4.95. The highest BCUT2D eigenvalue weighted by atomic mass is 16.5. The molecule has 2 aromatic carbocycles. The summed E-state index contributed by atoms with van der Waals surface area (Å²) < 4.78 is 5.29. The zero-order valence-electron chi connectivity index (χ0n) is 12.4. The molecule has 0 radical (unpaired) electrons. The molecule has 0 spiro atoms. The van der Waals surface area contributed by atoms with E-state index in [0.717, 1.165) is 5.56 Å². The molecule has 3 rings (SSSR count). The van der Waals surface area contributed by atoms with E-state index in [1.807, 2.05) is 60.7 Å². The van der Waals surface area contributed by atoms with E-state index in [2.05, 4.69) is 16.5 Å². The molecule has 23 heavy (non-hydrogen) atoms. The van der Waals surface area contributed by atoms with Crippen LogP contribution in [0.25, 0.3) is 17.3 Å². The van der Waals surface area contributed by atoms with Crippen LogP contribution in [0.5, 0.6) is 0 Å². The van der Waals surface area contributed by atoms with Gasteiger partial charge < -0.3 is 9.84 Å². The van der Waals surface area contributed by atoms with Crippen molar-refractivity contribution in [2.45, 2.75) is 6.54 Å². The normalized spacial score (nSPS) is 10.6. The lowest BCUT2D eigenvalue weighted by Crippen LogP contribution is -2.03. The number of aromatic nitrogens is 1. The number of nitriles is 1. The van der Waals surface area contributed by atoms with E-state index in [1.54, 1.807) is 12.3 Å². The molecule has 3 aromatic rings. The van der Waals surface area contributed by atoms with E-state index < -0.39 is 0 Å². The van der Waals surface area contributed by atoms with Gasteiger partial charge in [0, 0.05) is 24.4 Å². The van der Waals surface area contributed by atoms with E-state index in [-0.39, 0.29) is 0 Å². The molecule has 0 saturated heterocycles. The minimum atomic E-state index is 0.439. The average Bonchev–Trinajstić information content (AvgIpc) is 3.03. The summed E-state index contributed by atoms with van der Waals surface area (Å²) in [5.74, 6) is 0.451. The quantitative estimate of drug-likeness (QED) is 0.774. The summed E-state index contributed by atoms with van der Waals surface area (Å²) in [5, 5.41) is 16.6. The molecule has 0 aliphatic carbocycles. The van der Waals surface area contributed by atoms with Crippen LogP contribution >= 0.6 is 0 Å². The third-order valence-electron chi connectivity index (χ3n) is 3.38. The van der Waals surface area contributed by atoms with Gasteiger partial charge in [0.15, 0.2) is 5.76 Å². The lowest BCUT2D eigenvalue weighted by molar-refractivity contribution is 0.414. The first-order valence-electron chi connectivity index (χ1n) is 7.27. The second kappa shape index (κ2) is 7.10. The lowest BCUT2D eigenvalue weighted by atomic mass is 10.1. The van der Waals surface area contributed by atoms with Crippen LogP contribution in [0.2, 0.25) is 0 Å². The van der Waals surface area contributed by atoms with Gasteiger partial charge in [-0.15, -0.1) is 0 Å². The van der Waals surface area contributed by atoms with Crippen molar-refractivity contribution in [3.63, 3.8) is 0 Å². The SMILES string of the molecule is N#Cc1c(-c2ccccc2)noc1C=CNCc1ccccc1. The van der Waals surface area contributed by atoms with Crippen molar-refractivity contribution in [2.24, 2.45) is 0 Å². The third kappa shape index (κ3) is 3.47. The van der Waals surface area contributed by atoms with E-state index in [1.165, 1.54) is 5.56 Å². The molecule has 1 heterocycles. The molecular weight excluding hydrogens is 286 g/mol. The smallest absolute Gasteiger partial charge is 0.179 e. The highest BCUT2D eigenvalue weighted by Gasteiger charge is 2.14. The van der Waals surface area contributed by atoms with E-state index >= 15 is 0 Å². The first-order chi connectivity index (χ1) is 11.4. The van der Waals surface area contributed by atoms with Gasteiger partial charge in [-0.25, -0.2) is 0 Å². The topological polar surface area (TPSA) is 61.9 Å². The van der Waals surface area contributed by atoms with E-state index in [9.17, 15) is 5.26 Å². The second-order valence-corrected chi connectivity index (χ2v) is 4.95. The van der Waals surface area contributed by atoms with Crippen molar-refractivity contribution >= 4 is 6.08 Å². The van der Waals surface area contributed by atoms with Crippen LogP contribution in [0.3, 0.4) is 0 Å². The van der Waals surface area contributed by atoms with Crippen molar-refractivity contribution in [3.05, 3.63) is 83.8 Å². The summed E-state index contributed by atoms with van der Waals surface area (Å²) in [6.07, 6.45) is 3.49. The average molecular weight is 301 g/mol. The zero-order valence-corrected chi connectivity index (χ0v) is 12.4. The fraction of sp³-hybridized carbons (Fsp3) is 0.0526. The minimum absolute atomic E-state index is 0.439. The van der Waals surface area contributed by atoms with E-state index in [4.69, 9.17) is 4.52 Å². The molecule has 4 nitrogen and oxygen atoms in total. The van der Waals surface area contributed by atoms with E-state index in [0.29, 0.717) is 23.6 Å². The number of nitrogens with one attached hydrogen (secondary N) is 1. The molecule has 0 unspecified atom stereocenters. The summed E-state index contributed by atoms with van der Waals surface area (Å²) in [6, 6.07) is 21.8. The predicted molar refractivity (Wildman–Crippen MR) is 89.0 cm³/mol. The van der Waals surface area contributed by atoms with Gasteiger partial charge in [-0.2, -0.15) is 5.26 Å². The third-order valence-corrected chi connectivity index (χ3v) is 3.38. The van der Waals surface area contributed by atoms with Gasteiger partial charge in [0.25, 0.3) is 0 Å². The fourth-order valence-corrected chi connectivity index (χ4v) is 2.22. The largest absolute Gasteiger partial charge is 0.387 e. The van der Waals surface area contributed by atoms with Crippen LogP contribution < -0.4 is 5.32 Å². The Kier molecular flexibility index (Phi) is 4.51. The Morgan fingerprint density at radius 2 is 1.74 bits per heavy atom. The first-order valence-corrected chi connectivity index (χ1v) is 7.27. The van der Waals surface area contributed by atoms with Crippen LogP contribution in [0.4, 0.5) is 0 Å². The van der Waals surface area contributed by atoms with Gasteiger partial charge in [0.1, 0.15) is 17.3 Å². The maximum Gasteiger partial charge on any atom is 0.179 e. The Bertz CT molecular complexity index is 830. The van der Waals surface area contributed by atoms with Crippen LogP contribution in [-0.4, -0.2) is 5.16 Å². The highest BCUT2D eigenvalue weighted by Crippen LogP contribution is 2.25. The van der Waals surface area contributed by atoms with Crippen molar-refractivity contribution in [1.29, 1.82) is 5.26 Å². The molecule has 0 saturated carbocycles. The lowest BCUT2D eigenvalue weighted by Gasteiger charge is -1.99. The zero-order chi connectivity index (χ0) is 15.9. The van der Waals surface area contributed by atoms with Crippen LogP contribution in [0.1, 0.15) is 16.9 Å². The molecule has 112 valence electrons. The Labute approximate surface area is 134 Å². The number of rotatable bonds is 5. The van der Waals surface area contributed by atoms with Gasteiger partial charge in [0.05, 0.1) is 0 Å². The van der Waals surface area contributed by atoms with Gasteiger partial charge in [0.2, 0.25) is 0 Å². The molecule has 4 heteroatoms. The molecular formula is C19H15N3O. The molecule has 0 fully saturated rings. The van der Waals surface area contributed by atoms with Gasteiger partial charge in [-0.05, 0) is 5.56 Å². The fourth-order valence-electron chi connectivity index (χ4n) is 2.22. The summed E-state index contributed by atoms with van der Waals surface area (Å²) in [4.78, 5) is 0. The molecule has 0 bridgehead atoms. The van der Waals surface area contributed by atoms with Gasteiger partial charge in [-0.1, -0.05) is 65.8 Å². The molecule has 0 aliphatic rings. The number of nitrogens with zero attached hydrogens (tertiary/aromatic N) is 2. The van der Waals surface area contributed by atoms with Crippen molar-refractivity contribution < 1.29 is 4.52 Å². The van der Waals surface area contributed by atoms with Crippen LogP contribution in [-0.2, 0) is 6.54 Å². The van der Waals surface area contributed by atoms with Crippen LogP contribution in [0.15, 0.2) is 71.4 Å². The Balaban J connectivity index is 1.73. The Hall–Kier alpha value is -3.32. The summed E-state index contributed by atoms with van der Waals surface area (Å²) in [7, 11) is 0. The summed E-state index contributed by atoms with van der Waals surface area (Å²) in [6.45, 7) is 0.707. The molecule has 0 atom stereocenters. The Morgan fingerprint density at radius 3 is 2.43 bits per heavy atom. The highest BCUT2D eigenvalue weighted by molar-refractivity contribution is 5.70. The maximum atomic E-state index is 9.38. The predicted octanol–water partition coefficient (Wildman–Crippen LogP) is 3.97. The minimum Gasteiger partial charge on any atom is -0.387 e. The van der Waals surface area contributed by atoms with Crippen molar-refractivity contribution in [3.8, 4) is 17.3 Å². The summed E-state index contributed by atoms with van der Waals surface area (Å²) >= 11 is 0. The number of hydrogen-bond donors (Lipinski definition) is 1. The summed E-state index contributed by atoms with van der Waals surface area (Å²) in [5.41, 5.74) is 3.05. The molecule has 1 N–H and O–H groups in total. The molecule has 0 amide bonds.